The maximum Gasteiger partial charge on any atom is 0.257 e. The molecule has 0 bridgehead atoms. The van der Waals surface area contributed by atoms with Crippen LogP contribution >= 0.6 is 24.0 Å². The van der Waals surface area contributed by atoms with E-state index in [1.54, 1.807) is 14.2 Å². The summed E-state index contributed by atoms with van der Waals surface area (Å²) in [6.45, 7) is 3.91. The third-order valence-corrected chi connectivity index (χ3v) is 5.32. The van der Waals surface area contributed by atoms with Gasteiger partial charge in [0.25, 0.3) is 5.89 Å². The lowest BCUT2D eigenvalue weighted by molar-refractivity contribution is 0.177. The van der Waals surface area contributed by atoms with Gasteiger partial charge in [0, 0.05) is 45.1 Å². The Kier molecular flexibility index (Phi) is 9.18. The van der Waals surface area contributed by atoms with E-state index in [9.17, 15) is 0 Å². The molecule has 0 saturated heterocycles. The SMILES string of the molecule is CCCc1noc(-c2cccc(CNC(=NC)NC3CCc4nc(COC)nn4C3)c2)n1.I. The molecular weight excluding hydrogens is 535 g/mol. The summed E-state index contributed by atoms with van der Waals surface area (Å²) in [7, 11) is 3.43. The van der Waals surface area contributed by atoms with Gasteiger partial charge in [0.15, 0.2) is 17.6 Å². The number of halogens is 1. The molecule has 1 atom stereocenters. The van der Waals surface area contributed by atoms with Crippen molar-refractivity contribution in [2.45, 2.75) is 58.3 Å². The lowest BCUT2D eigenvalue weighted by atomic mass is 10.1. The van der Waals surface area contributed by atoms with Gasteiger partial charge in [-0.3, -0.25) is 4.99 Å². The minimum atomic E-state index is 0. The van der Waals surface area contributed by atoms with E-state index in [4.69, 9.17) is 9.26 Å². The first-order valence-corrected chi connectivity index (χ1v) is 11.0. The Hall–Kier alpha value is -2.54. The van der Waals surface area contributed by atoms with E-state index < -0.39 is 0 Å². The van der Waals surface area contributed by atoms with Crippen molar-refractivity contribution in [3.05, 3.63) is 47.3 Å². The van der Waals surface area contributed by atoms with Crippen LogP contribution in [0, 0.1) is 0 Å². The van der Waals surface area contributed by atoms with Crippen LogP contribution in [0.15, 0.2) is 33.8 Å². The first kappa shape index (κ1) is 25.1. The van der Waals surface area contributed by atoms with Gasteiger partial charge in [-0.2, -0.15) is 10.1 Å². The standard InChI is InChI=1S/C22H30N8O2.HI/c1-4-6-18-27-21(32-29-18)16-8-5-7-15(11-16)12-24-22(23-2)25-17-9-10-20-26-19(14-31-3)28-30(20)13-17;/h5,7-8,11,17H,4,6,9-10,12-14H2,1-3H3,(H2,23,24,25);1H. The number of guanidine groups is 1. The highest BCUT2D eigenvalue weighted by Crippen LogP contribution is 2.19. The zero-order valence-corrected chi connectivity index (χ0v) is 21.6. The van der Waals surface area contributed by atoms with Gasteiger partial charge in [-0.1, -0.05) is 24.2 Å². The van der Waals surface area contributed by atoms with Crippen molar-refractivity contribution >= 4 is 29.9 Å². The minimum Gasteiger partial charge on any atom is -0.377 e. The highest BCUT2D eigenvalue weighted by atomic mass is 127. The second kappa shape index (κ2) is 12.1. The second-order valence-electron chi connectivity index (χ2n) is 7.83. The van der Waals surface area contributed by atoms with E-state index in [0.29, 0.717) is 19.0 Å². The molecule has 0 saturated carbocycles. The molecule has 10 nitrogen and oxygen atoms in total. The molecule has 0 radical (unpaired) electrons. The normalized spacial score (nSPS) is 15.6. The molecule has 1 unspecified atom stereocenters. The van der Waals surface area contributed by atoms with Crippen molar-refractivity contribution in [3.63, 3.8) is 0 Å². The summed E-state index contributed by atoms with van der Waals surface area (Å²) in [6, 6.07) is 8.33. The molecule has 0 aliphatic carbocycles. The summed E-state index contributed by atoms with van der Waals surface area (Å²) in [5.41, 5.74) is 2.02. The highest BCUT2D eigenvalue weighted by Gasteiger charge is 2.22. The van der Waals surface area contributed by atoms with Crippen LogP contribution in [0.3, 0.4) is 0 Å². The Bertz CT molecular complexity index is 1060. The third kappa shape index (κ3) is 6.50. The van der Waals surface area contributed by atoms with E-state index in [1.807, 2.05) is 16.8 Å². The van der Waals surface area contributed by atoms with Gasteiger partial charge in [0.2, 0.25) is 0 Å². The number of aryl methyl sites for hydroxylation is 2. The largest absolute Gasteiger partial charge is 0.377 e. The number of aromatic nitrogens is 5. The molecule has 33 heavy (non-hydrogen) atoms. The summed E-state index contributed by atoms with van der Waals surface area (Å²) < 4.78 is 12.5. The van der Waals surface area contributed by atoms with Gasteiger partial charge in [-0.25, -0.2) is 9.67 Å². The van der Waals surface area contributed by atoms with Crippen molar-refractivity contribution in [2.24, 2.45) is 4.99 Å². The number of aliphatic imine (C=N–C) groups is 1. The average Bonchev–Trinajstić information content (AvgIpc) is 3.43. The fraction of sp³-hybridized carbons (Fsp3) is 0.500. The summed E-state index contributed by atoms with van der Waals surface area (Å²) in [5, 5.41) is 15.5. The van der Waals surface area contributed by atoms with Crippen LogP contribution in [-0.4, -0.2) is 51.1 Å². The number of fused-ring (bicyclic) bond motifs is 1. The average molecular weight is 566 g/mol. The maximum atomic E-state index is 5.41. The number of hydrogen-bond donors (Lipinski definition) is 2. The van der Waals surface area contributed by atoms with Gasteiger partial charge in [-0.05, 0) is 30.5 Å². The monoisotopic (exact) mass is 566 g/mol. The number of benzene rings is 1. The molecule has 2 N–H and O–H groups in total. The lowest BCUT2D eigenvalue weighted by Crippen LogP contribution is -2.46. The molecule has 3 aromatic rings. The summed E-state index contributed by atoms with van der Waals surface area (Å²) in [6.07, 6.45) is 3.65. The number of hydrogen-bond acceptors (Lipinski definition) is 7. The molecule has 1 aliphatic heterocycles. The topological polar surface area (TPSA) is 115 Å². The zero-order valence-electron chi connectivity index (χ0n) is 19.2. The van der Waals surface area contributed by atoms with Gasteiger partial charge in [0.05, 0.1) is 6.54 Å². The molecular formula is C22H31IN8O2. The number of ether oxygens (including phenoxy) is 1. The van der Waals surface area contributed by atoms with Crippen molar-refractivity contribution in [1.29, 1.82) is 0 Å². The van der Waals surface area contributed by atoms with E-state index in [1.165, 1.54) is 0 Å². The molecule has 0 spiro atoms. The van der Waals surface area contributed by atoms with Gasteiger partial charge < -0.3 is 19.9 Å². The van der Waals surface area contributed by atoms with Crippen LogP contribution in [0.5, 0.6) is 0 Å². The first-order valence-electron chi connectivity index (χ1n) is 11.0. The molecule has 11 heteroatoms. The maximum absolute atomic E-state index is 5.41. The fourth-order valence-corrected chi connectivity index (χ4v) is 3.75. The molecule has 1 aliphatic rings. The van der Waals surface area contributed by atoms with Crippen molar-refractivity contribution in [2.75, 3.05) is 14.2 Å². The van der Waals surface area contributed by atoms with Crippen LogP contribution in [0.4, 0.5) is 0 Å². The second-order valence-corrected chi connectivity index (χ2v) is 7.83. The first-order chi connectivity index (χ1) is 15.7. The van der Waals surface area contributed by atoms with Crippen molar-refractivity contribution < 1.29 is 9.26 Å². The van der Waals surface area contributed by atoms with Gasteiger partial charge in [-0.15, -0.1) is 24.0 Å². The van der Waals surface area contributed by atoms with Crippen LogP contribution < -0.4 is 10.6 Å². The fourth-order valence-electron chi connectivity index (χ4n) is 3.75. The van der Waals surface area contributed by atoms with Gasteiger partial charge >= 0.3 is 0 Å². The number of methoxy groups -OCH3 is 1. The molecule has 2 aromatic heterocycles. The van der Waals surface area contributed by atoms with E-state index in [0.717, 1.165) is 66.8 Å². The zero-order chi connectivity index (χ0) is 22.3. The third-order valence-electron chi connectivity index (χ3n) is 5.32. The molecule has 3 heterocycles. The Morgan fingerprint density at radius 1 is 1.30 bits per heavy atom. The number of nitrogens with zero attached hydrogens (tertiary/aromatic N) is 6. The Balaban J connectivity index is 0.00000306. The number of rotatable bonds is 8. The lowest BCUT2D eigenvalue weighted by Gasteiger charge is -2.25. The van der Waals surface area contributed by atoms with E-state index in [2.05, 4.69) is 54.9 Å². The van der Waals surface area contributed by atoms with Crippen LogP contribution in [0.1, 0.15) is 42.8 Å². The Labute approximate surface area is 210 Å². The predicted molar refractivity (Wildman–Crippen MR) is 135 cm³/mol. The van der Waals surface area contributed by atoms with Gasteiger partial charge in [0.1, 0.15) is 12.4 Å². The van der Waals surface area contributed by atoms with E-state index in [-0.39, 0.29) is 30.0 Å². The smallest absolute Gasteiger partial charge is 0.257 e. The number of nitrogens with one attached hydrogen (secondary N) is 2. The van der Waals surface area contributed by atoms with Crippen LogP contribution in [0.2, 0.25) is 0 Å². The minimum absolute atomic E-state index is 0. The summed E-state index contributed by atoms with van der Waals surface area (Å²) >= 11 is 0. The molecule has 0 fully saturated rings. The summed E-state index contributed by atoms with van der Waals surface area (Å²) in [4.78, 5) is 13.4. The van der Waals surface area contributed by atoms with Crippen LogP contribution in [0.25, 0.3) is 11.5 Å². The molecule has 0 amide bonds. The van der Waals surface area contributed by atoms with Crippen molar-refractivity contribution in [3.8, 4) is 11.5 Å². The molecule has 1 aromatic carbocycles. The Morgan fingerprint density at radius 2 is 2.18 bits per heavy atom. The highest BCUT2D eigenvalue weighted by molar-refractivity contribution is 14.0. The summed E-state index contributed by atoms with van der Waals surface area (Å²) in [5.74, 6) is 3.79. The van der Waals surface area contributed by atoms with Crippen molar-refractivity contribution in [1.82, 2.24) is 35.5 Å². The van der Waals surface area contributed by atoms with E-state index >= 15 is 0 Å². The quantitative estimate of drug-likeness (QED) is 0.243. The Morgan fingerprint density at radius 3 is 2.97 bits per heavy atom. The van der Waals surface area contributed by atoms with Crippen LogP contribution in [-0.2, 0) is 37.3 Å². The predicted octanol–water partition coefficient (Wildman–Crippen LogP) is 2.73. The molecule has 178 valence electrons. The molecule has 4 rings (SSSR count).